The van der Waals surface area contributed by atoms with Crippen LogP contribution in [0, 0.1) is 0 Å². The molecule has 0 bridgehead atoms. The van der Waals surface area contributed by atoms with Crippen LogP contribution in [-0.2, 0) is 17.9 Å². The van der Waals surface area contributed by atoms with Crippen molar-refractivity contribution in [3.63, 3.8) is 0 Å². The van der Waals surface area contributed by atoms with Crippen LogP contribution in [0.25, 0.3) is 0 Å². The van der Waals surface area contributed by atoms with Gasteiger partial charge in [-0.15, -0.1) is 0 Å². The highest BCUT2D eigenvalue weighted by Gasteiger charge is 2.08. The van der Waals surface area contributed by atoms with E-state index in [0.29, 0.717) is 6.61 Å². The molecule has 92 valence electrons. The highest BCUT2D eigenvalue weighted by atomic mass is 79.9. The summed E-state index contributed by atoms with van der Waals surface area (Å²) in [5.74, 6) is 0. The van der Waals surface area contributed by atoms with Crippen LogP contribution in [-0.4, -0.2) is 16.4 Å². The Hall–Kier alpha value is -0.350. The molecule has 0 aliphatic heterocycles. The Morgan fingerprint density at radius 1 is 1.31 bits per heavy atom. The Balaban J connectivity index is 2.45. The SMILES string of the molecule is CCCCOCc1c(Br)cnn1CCCC. The molecule has 0 saturated carbocycles. The highest BCUT2D eigenvalue weighted by molar-refractivity contribution is 9.10. The van der Waals surface area contributed by atoms with Crippen LogP contribution in [0.1, 0.15) is 45.2 Å². The topological polar surface area (TPSA) is 27.1 Å². The first-order valence-corrected chi connectivity index (χ1v) is 6.86. The summed E-state index contributed by atoms with van der Waals surface area (Å²) >= 11 is 3.51. The van der Waals surface area contributed by atoms with Crippen LogP contribution in [0.4, 0.5) is 0 Å². The van der Waals surface area contributed by atoms with E-state index in [1.807, 2.05) is 10.9 Å². The number of hydrogen-bond acceptors (Lipinski definition) is 2. The van der Waals surface area contributed by atoms with Crippen LogP contribution < -0.4 is 0 Å². The van der Waals surface area contributed by atoms with Gasteiger partial charge < -0.3 is 4.74 Å². The first kappa shape index (κ1) is 13.7. The average Bonchev–Trinajstić information content (AvgIpc) is 2.63. The number of hydrogen-bond donors (Lipinski definition) is 0. The molecule has 0 atom stereocenters. The summed E-state index contributed by atoms with van der Waals surface area (Å²) < 4.78 is 8.73. The van der Waals surface area contributed by atoms with Gasteiger partial charge in [0.05, 0.1) is 23.0 Å². The van der Waals surface area contributed by atoms with Gasteiger partial charge in [-0.1, -0.05) is 26.7 Å². The minimum absolute atomic E-state index is 0.657. The lowest BCUT2D eigenvalue weighted by molar-refractivity contribution is 0.111. The highest BCUT2D eigenvalue weighted by Crippen LogP contribution is 2.17. The fourth-order valence-electron chi connectivity index (χ4n) is 1.45. The lowest BCUT2D eigenvalue weighted by Crippen LogP contribution is -2.07. The zero-order chi connectivity index (χ0) is 11.8. The van der Waals surface area contributed by atoms with Gasteiger partial charge in [0.25, 0.3) is 0 Å². The third-order valence-electron chi connectivity index (χ3n) is 2.50. The Morgan fingerprint density at radius 3 is 2.75 bits per heavy atom. The van der Waals surface area contributed by atoms with Gasteiger partial charge in [0.1, 0.15) is 0 Å². The molecular weight excluding hydrogens is 268 g/mol. The summed E-state index contributed by atoms with van der Waals surface area (Å²) in [7, 11) is 0. The van der Waals surface area contributed by atoms with Gasteiger partial charge >= 0.3 is 0 Å². The van der Waals surface area contributed by atoms with Gasteiger partial charge in [0.15, 0.2) is 0 Å². The first-order chi connectivity index (χ1) is 7.79. The van der Waals surface area contributed by atoms with Crippen molar-refractivity contribution in [3.05, 3.63) is 16.4 Å². The number of rotatable bonds is 8. The molecule has 0 fully saturated rings. The van der Waals surface area contributed by atoms with Crippen molar-refractivity contribution >= 4 is 15.9 Å². The van der Waals surface area contributed by atoms with Gasteiger partial charge in [-0.3, -0.25) is 4.68 Å². The second kappa shape index (κ2) is 7.85. The van der Waals surface area contributed by atoms with E-state index in [4.69, 9.17) is 4.74 Å². The second-order valence-corrected chi connectivity index (χ2v) is 4.78. The molecule has 0 aliphatic rings. The maximum Gasteiger partial charge on any atom is 0.0896 e. The summed E-state index contributed by atoms with van der Waals surface area (Å²) in [5.41, 5.74) is 1.16. The Labute approximate surface area is 106 Å². The average molecular weight is 289 g/mol. The van der Waals surface area contributed by atoms with Crippen LogP contribution in [0.2, 0.25) is 0 Å². The Morgan fingerprint density at radius 2 is 2.06 bits per heavy atom. The third-order valence-corrected chi connectivity index (χ3v) is 3.16. The van der Waals surface area contributed by atoms with Crippen LogP contribution in [0.15, 0.2) is 10.7 Å². The van der Waals surface area contributed by atoms with Crippen molar-refractivity contribution in [1.29, 1.82) is 0 Å². The van der Waals surface area contributed by atoms with E-state index in [0.717, 1.165) is 36.2 Å². The fourth-order valence-corrected chi connectivity index (χ4v) is 1.86. The molecule has 4 heteroatoms. The Kier molecular flexibility index (Phi) is 6.73. The predicted octanol–water partition coefficient (Wildman–Crippen LogP) is 3.76. The van der Waals surface area contributed by atoms with E-state index in [1.165, 1.54) is 12.8 Å². The van der Waals surface area contributed by atoms with E-state index in [2.05, 4.69) is 34.9 Å². The summed E-state index contributed by atoms with van der Waals surface area (Å²) in [6.07, 6.45) is 6.51. The minimum atomic E-state index is 0.657. The lowest BCUT2D eigenvalue weighted by atomic mass is 10.3. The number of nitrogens with zero attached hydrogens (tertiary/aromatic N) is 2. The standard InChI is InChI=1S/C12H21BrN2O/c1-3-5-7-15-12(11(13)9-14-15)10-16-8-6-4-2/h9H,3-8,10H2,1-2H3. The molecule has 0 spiro atoms. The monoisotopic (exact) mass is 288 g/mol. The summed E-state index contributed by atoms with van der Waals surface area (Å²) in [5, 5.41) is 4.34. The third kappa shape index (κ3) is 4.26. The van der Waals surface area contributed by atoms with Crippen molar-refractivity contribution in [1.82, 2.24) is 9.78 Å². The summed E-state index contributed by atoms with van der Waals surface area (Å²) in [6, 6.07) is 0. The molecule has 16 heavy (non-hydrogen) atoms. The van der Waals surface area contributed by atoms with E-state index in [1.54, 1.807) is 0 Å². The van der Waals surface area contributed by atoms with Crippen molar-refractivity contribution in [2.75, 3.05) is 6.61 Å². The molecule has 1 heterocycles. The number of aromatic nitrogens is 2. The molecule has 1 aromatic heterocycles. The molecular formula is C12H21BrN2O. The van der Waals surface area contributed by atoms with Crippen molar-refractivity contribution in [2.24, 2.45) is 0 Å². The predicted molar refractivity (Wildman–Crippen MR) is 69.4 cm³/mol. The van der Waals surface area contributed by atoms with Crippen molar-refractivity contribution < 1.29 is 4.74 Å². The van der Waals surface area contributed by atoms with E-state index in [9.17, 15) is 0 Å². The van der Waals surface area contributed by atoms with Gasteiger partial charge in [0.2, 0.25) is 0 Å². The summed E-state index contributed by atoms with van der Waals surface area (Å²) in [4.78, 5) is 0. The largest absolute Gasteiger partial charge is 0.375 e. The molecule has 1 aromatic rings. The number of unbranched alkanes of at least 4 members (excludes halogenated alkanes) is 2. The van der Waals surface area contributed by atoms with Gasteiger partial charge in [-0.25, -0.2) is 0 Å². The lowest BCUT2D eigenvalue weighted by Gasteiger charge is -2.08. The fraction of sp³-hybridized carbons (Fsp3) is 0.750. The van der Waals surface area contributed by atoms with Gasteiger partial charge in [0, 0.05) is 13.2 Å². The van der Waals surface area contributed by atoms with Crippen LogP contribution in [0.5, 0.6) is 0 Å². The Bertz CT molecular complexity index is 299. The molecule has 0 unspecified atom stereocenters. The molecule has 0 aliphatic carbocycles. The van der Waals surface area contributed by atoms with Gasteiger partial charge in [-0.2, -0.15) is 5.10 Å². The van der Waals surface area contributed by atoms with E-state index >= 15 is 0 Å². The summed E-state index contributed by atoms with van der Waals surface area (Å²) in [6.45, 7) is 6.83. The molecule has 0 amide bonds. The van der Waals surface area contributed by atoms with Crippen LogP contribution >= 0.6 is 15.9 Å². The number of ether oxygens (including phenoxy) is 1. The zero-order valence-corrected chi connectivity index (χ0v) is 11.8. The second-order valence-electron chi connectivity index (χ2n) is 3.92. The normalized spacial score (nSPS) is 10.9. The van der Waals surface area contributed by atoms with E-state index in [-0.39, 0.29) is 0 Å². The molecule has 3 nitrogen and oxygen atoms in total. The molecule has 0 N–H and O–H groups in total. The number of aryl methyl sites for hydroxylation is 1. The molecule has 0 saturated heterocycles. The molecule has 0 radical (unpaired) electrons. The quantitative estimate of drug-likeness (QED) is 0.681. The van der Waals surface area contributed by atoms with Crippen molar-refractivity contribution in [3.8, 4) is 0 Å². The maximum atomic E-state index is 5.63. The smallest absolute Gasteiger partial charge is 0.0896 e. The maximum absolute atomic E-state index is 5.63. The zero-order valence-electron chi connectivity index (χ0n) is 10.2. The minimum Gasteiger partial charge on any atom is -0.375 e. The molecule has 0 aromatic carbocycles. The van der Waals surface area contributed by atoms with Gasteiger partial charge in [-0.05, 0) is 28.8 Å². The van der Waals surface area contributed by atoms with Crippen molar-refractivity contribution in [2.45, 2.75) is 52.7 Å². The van der Waals surface area contributed by atoms with E-state index < -0.39 is 0 Å². The molecule has 1 rings (SSSR count). The number of halogens is 1. The first-order valence-electron chi connectivity index (χ1n) is 6.07. The van der Waals surface area contributed by atoms with Crippen LogP contribution in [0.3, 0.4) is 0 Å².